The molecule has 1 aliphatic carbocycles. The minimum Gasteiger partial charge on any atom is -0.455 e. The van der Waals surface area contributed by atoms with E-state index in [4.69, 9.17) is 4.42 Å². The molecule has 0 fully saturated rings. The second-order valence-electron chi connectivity index (χ2n) is 15.9. The molecule has 1 atom stereocenters. The Labute approximate surface area is 341 Å². The van der Waals surface area contributed by atoms with Gasteiger partial charge in [0.1, 0.15) is 11.2 Å². The summed E-state index contributed by atoms with van der Waals surface area (Å²) in [5.41, 5.74) is 11.4. The molecule has 0 aliphatic heterocycles. The standard InChI is InChI=1S/C54H33N3OS/c1-2-13-32(14-3-1)55-43-21-9-5-17-39(43)50-46(55)29-26-36-37-27-30-47-51(53(37)58-52(36)50)40-18-6-10-22-44(40)56(47)33-25-28-45-41(31-33)34-15-4-8-20-42(34)57(45)48-23-12-19-38-35-16-7-11-24-49(35)59-54(38)48/h1-13,15-32H,14H2. The van der Waals surface area contributed by atoms with Crippen LogP contribution in [0, 0.1) is 0 Å². The predicted octanol–water partition coefficient (Wildman–Crippen LogP) is 15.3. The lowest BCUT2D eigenvalue weighted by Gasteiger charge is -2.18. The van der Waals surface area contributed by atoms with Crippen molar-refractivity contribution < 1.29 is 4.42 Å². The zero-order chi connectivity index (χ0) is 38.3. The molecule has 5 heterocycles. The molecule has 0 radical (unpaired) electrons. The summed E-state index contributed by atoms with van der Waals surface area (Å²) in [5.74, 6) is 0. The minimum atomic E-state index is 0.254. The number of allylic oxidation sites excluding steroid dienone is 4. The number of nitrogens with zero attached hydrogens (tertiary/aromatic N) is 3. The van der Waals surface area contributed by atoms with E-state index in [1.54, 1.807) is 0 Å². The summed E-state index contributed by atoms with van der Waals surface area (Å²) < 4.78 is 17.2. The van der Waals surface area contributed by atoms with E-state index in [9.17, 15) is 0 Å². The van der Waals surface area contributed by atoms with Crippen molar-refractivity contribution in [1.82, 2.24) is 13.7 Å². The van der Waals surface area contributed by atoms with Crippen LogP contribution in [-0.2, 0) is 0 Å². The van der Waals surface area contributed by atoms with Crippen LogP contribution >= 0.6 is 11.3 Å². The molecule has 5 aromatic heterocycles. The van der Waals surface area contributed by atoms with Crippen LogP contribution in [0.15, 0.2) is 186 Å². The van der Waals surface area contributed by atoms with Crippen molar-refractivity contribution >= 4 is 119 Å². The molecule has 276 valence electrons. The Morgan fingerprint density at radius 3 is 1.88 bits per heavy atom. The average Bonchev–Trinajstić information content (AvgIpc) is 4.10. The molecule has 8 aromatic carbocycles. The third-order valence-electron chi connectivity index (χ3n) is 12.9. The number of rotatable bonds is 3. The molecule has 0 N–H and O–H groups in total. The van der Waals surface area contributed by atoms with Crippen molar-refractivity contribution in [2.24, 2.45) is 0 Å². The van der Waals surface area contributed by atoms with Gasteiger partial charge in [0.25, 0.3) is 0 Å². The highest BCUT2D eigenvalue weighted by atomic mass is 32.1. The van der Waals surface area contributed by atoms with E-state index < -0.39 is 0 Å². The van der Waals surface area contributed by atoms with Crippen LogP contribution in [0.2, 0.25) is 0 Å². The number of hydrogen-bond donors (Lipinski definition) is 0. The van der Waals surface area contributed by atoms with Gasteiger partial charge >= 0.3 is 0 Å². The first-order valence-electron chi connectivity index (χ1n) is 20.4. The van der Waals surface area contributed by atoms with E-state index >= 15 is 0 Å². The van der Waals surface area contributed by atoms with Crippen molar-refractivity contribution in [1.29, 1.82) is 0 Å². The van der Waals surface area contributed by atoms with Gasteiger partial charge in [0.05, 0.1) is 54.8 Å². The molecule has 0 bridgehead atoms. The first-order valence-corrected chi connectivity index (χ1v) is 21.2. The summed E-state index contributed by atoms with van der Waals surface area (Å²) in [6.45, 7) is 0. The van der Waals surface area contributed by atoms with Crippen LogP contribution in [0.25, 0.3) is 119 Å². The van der Waals surface area contributed by atoms with E-state index in [1.165, 1.54) is 74.9 Å². The van der Waals surface area contributed by atoms with E-state index in [0.717, 1.165) is 50.5 Å². The van der Waals surface area contributed by atoms with Gasteiger partial charge in [-0.2, -0.15) is 0 Å². The first kappa shape index (κ1) is 31.7. The van der Waals surface area contributed by atoms with Crippen molar-refractivity contribution in [3.05, 3.63) is 182 Å². The van der Waals surface area contributed by atoms with Gasteiger partial charge in [-0.25, -0.2) is 0 Å². The molecule has 5 heteroatoms. The van der Waals surface area contributed by atoms with Gasteiger partial charge in [-0.15, -0.1) is 11.3 Å². The van der Waals surface area contributed by atoms with E-state index in [0.29, 0.717) is 0 Å². The Morgan fingerprint density at radius 1 is 0.458 bits per heavy atom. The van der Waals surface area contributed by atoms with Crippen molar-refractivity contribution in [3.63, 3.8) is 0 Å². The minimum absolute atomic E-state index is 0.254. The molecule has 0 amide bonds. The van der Waals surface area contributed by atoms with Crippen LogP contribution in [0.5, 0.6) is 0 Å². The van der Waals surface area contributed by atoms with Gasteiger partial charge in [-0.05, 0) is 79.2 Å². The monoisotopic (exact) mass is 771 g/mol. The van der Waals surface area contributed by atoms with Gasteiger partial charge in [0, 0.05) is 59.0 Å². The van der Waals surface area contributed by atoms with Crippen LogP contribution in [0.1, 0.15) is 12.5 Å². The van der Waals surface area contributed by atoms with Crippen molar-refractivity contribution in [2.75, 3.05) is 0 Å². The Bertz CT molecular complexity index is 4010. The average molecular weight is 772 g/mol. The Hall–Kier alpha value is -7.34. The molecular formula is C54H33N3OS. The number of benzene rings is 8. The fourth-order valence-corrected chi connectivity index (χ4v) is 11.7. The summed E-state index contributed by atoms with van der Waals surface area (Å²) in [4.78, 5) is 0. The first-order chi connectivity index (χ1) is 29.3. The lowest BCUT2D eigenvalue weighted by atomic mass is 10.1. The van der Waals surface area contributed by atoms with Crippen molar-refractivity contribution in [2.45, 2.75) is 12.5 Å². The van der Waals surface area contributed by atoms with Crippen molar-refractivity contribution in [3.8, 4) is 11.4 Å². The zero-order valence-corrected chi connectivity index (χ0v) is 32.6. The molecule has 13 aromatic rings. The van der Waals surface area contributed by atoms with Crippen LogP contribution in [0.4, 0.5) is 0 Å². The fraction of sp³-hybridized carbons (Fsp3) is 0.0370. The molecule has 1 aliphatic rings. The fourth-order valence-electron chi connectivity index (χ4n) is 10.5. The molecule has 59 heavy (non-hydrogen) atoms. The van der Waals surface area contributed by atoms with Crippen LogP contribution in [0.3, 0.4) is 0 Å². The smallest absolute Gasteiger partial charge is 0.145 e. The van der Waals surface area contributed by atoms with Gasteiger partial charge in [-0.3, -0.25) is 0 Å². The lowest BCUT2D eigenvalue weighted by Crippen LogP contribution is -2.06. The molecule has 14 rings (SSSR count). The molecule has 0 saturated heterocycles. The third-order valence-corrected chi connectivity index (χ3v) is 14.2. The molecular weight excluding hydrogens is 739 g/mol. The summed E-state index contributed by atoms with van der Waals surface area (Å²) in [7, 11) is 0. The summed E-state index contributed by atoms with van der Waals surface area (Å²) >= 11 is 1.88. The number of para-hydroxylation sites is 3. The zero-order valence-electron chi connectivity index (χ0n) is 31.8. The van der Waals surface area contributed by atoms with Gasteiger partial charge in [0.2, 0.25) is 0 Å². The van der Waals surface area contributed by atoms with Gasteiger partial charge in [0.15, 0.2) is 0 Å². The van der Waals surface area contributed by atoms with Crippen LogP contribution < -0.4 is 0 Å². The SMILES string of the molecule is C1=CCC(n2c3ccccc3c3c4oc5c(ccc6c5c5ccccc5n6-c5ccc6c(c5)c5ccccc5n6-c5cccc6c5sc5ccccc56)c4ccc32)C=C1. The predicted molar refractivity (Wildman–Crippen MR) is 250 cm³/mol. The molecule has 0 saturated carbocycles. The summed E-state index contributed by atoms with van der Waals surface area (Å²) in [6.07, 6.45) is 9.86. The van der Waals surface area contributed by atoms with E-state index in [1.807, 2.05) is 11.3 Å². The quantitative estimate of drug-likeness (QED) is 0.176. The number of hydrogen-bond acceptors (Lipinski definition) is 2. The third kappa shape index (κ3) is 4.17. The topological polar surface area (TPSA) is 27.9 Å². The second kappa shape index (κ2) is 11.6. The second-order valence-corrected chi connectivity index (χ2v) is 17.0. The number of furan rings is 1. The Morgan fingerprint density at radius 2 is 1.08 bits per heavy atom. The Balaban J connectivity index is 1.02. The maximum atomic E-state index is 7.22. The maximum Gasteiger partial charge on any atom is 0.145 e. The highest BCUT2D eigenvalue weighted by molar-refractivity contribution is 7.26. The number of thiophene rings is 1. The molecule has 1 unspecified atom stereocenters. The molecule has 0 spiro atoms. The maximum absolute atomic E-state index is 7.22. The Kier molecular flexibility index (Phi) is 6.25. The lowest BCUT2D eigenvalue weighted by molar-refractivity contribution is 0.647. The summed E-state index contributed by atoms with van der Waals surface area (Å²) in [5, 5.41) is 12.1. The van der Waals surface area contributed by atoms with Crippen LogP contribution in [-0.4, -0.2) is 13.7 Å². The van der Waals surface area contributed by atoms with Gasteiger partial charge < -0.3 is 18.1 Å². The number of fused-ring (bicyclic) bond motifs is 17. The van der Waals surface area contributed by atoms with E-state index in [2.05, 4.69) is 196 Å². The highest BCUT2D eigenvalue weighted by Crippen LogP contribution is 2.46. The summed E-state index contributed by atoms with van der Waals surface area (Å²) in [6, 6.07) is 58.4. The molecule has 4 nitrogen and oxygen atoms in total. The highest BCUT2D eigenvalue weighted by Gasteiger charge is 2.24. The normalized spacial score (nSPS) is 14.7. The number of aromatic nitrogens is 3. The van der Waals surface area contributed by atoms with Gasteiger partial charge in [-0.1, -0.05) is 109 Å². The van der Waals surface area contributed by atoms with E-state index in [-0.39, 0.29) is 6.04 Å². The largest absolute Gasteiger partial charge is 0.455 e.